The van der Waals surface area contributed by atoms with Gasteiger partial charge in [-0.15, -0.1) is 0 Å². The number of nitrogens with zero attached hydrogens (tertiary/aromatic N) is 3. The van der Waals surface area contributed by atoms with Crippen LogP contribution < -0.4 is 4.72 Å². The van der Waals surface area contributed by atoms with Crippen molar-refractivity contribution in [3.05, 3.63) is 42.5 Å². The Morgan fingerprint density at radius 3 is 2.63 bits per heavy atom. The van der Waals surface area contributed by atoms with Crippen molar-refractivity contribution in [1.29, 1.82) is 0 Å². The largest absolute Gasteiger partial charge is 0.253 e. The molecule has 19 heavy (non-hydrogen) atoms. The number of benzene rings is 1. The van der Waals surface area contributed by atoms with Gasteiger partial charge in [0.05, 0.1) is 4.90 Å². The number of nitrogens with one attached hydrogen (secondary N) is 1. The van der Waals surface area contributed by atoms with Crippen molar-refractivity contribution in [3.63, 3.8) is 0 Å². The fraction of sp³-hybridized carbons (Fsp3) is 0.333. The zero-order valence-electron chi connectivity index (χ0n) is 10.7. The van der Waals surface area contributed by atoms with Gasteiger partial charge >= 0.3 is 0 Å². The van der Waals surface area contributed by atoms with Crippen LogP contribution in [0.4, 0.5) is 0 Å². The van der Waals surface area contributed by atoms with Gasteiger partial charge in [-0.3, -0.25) is 4.68 Å². The molecule has 2 aromatic rings. The molecular formula is C12H16N4O2S. The number of aromatic nitrogens is 3. The van der Waals surface area contributed by atoms with Gasteiger partial charge in [0.1, 0.15) is 12.7 Å². The lowest BCUT2D eigenvalue weighted by atomic mass is 10.2. The van der Waals surface area contributed by atoms with E-state index in [-0.39, 0.29) is 0 Å². The summed E-state index contributed by atoms with van der Waals surface area (Å²) < 4.78 is 28.2. The van der Waals surface area contributed by atoms with Crippen molar-refractivity contribution >= 4 is 10.0 Å². The highest BCUT2D eigenvalue weighted by Crippen LogP contribution is 2.09. The quantitative estimate of drug-likeness (QED) is 0.799. The molecule has 0 saturated heterocycles. The SMILES string of the molecule is Cc1ccc(S(=O)(=O)NCCCn2cncn2)cc1. The molecule has 1 aromatic heterocycles. The lowest BCUT2D eigenvalue weighted by Crippen LogP contribution is -2.25. The third-order valence-corrected chi connectivity index (χ3v) is 4.13. The Hall–Kier alpha value is -1.73. The van der Waals surface area contributed by atoms with E-state index >= 15 is 0 Å². The van der Waals surface area contributed by atoms with E-state index in [1.54, 1.807) is 35.3 Å². The minimum atomic E-state index is -3.41. The molecule has 0 bridgehead atoms. The van der Waals surface area contributed by atoms with Crippen LogP contribution in [0, 0.1) is 6.92 Å². The standard InChI is InChI=1S/C12H16N4O2S/c1-11-3-5-12(6-4-11)19(17,18)15-7-2-8-16-10-13-9-14-16/h3-6,9-10,15H,2,7-8H2,1H3. The van der Waals surface area contributed by atoms with Crippen LogP contribution in [0.1, 0.15) is 12.0 Å². The minimum absolute atomic E-state index is 0.291. The zero-order chi connectivity index (χ0) is 13.7. The maximum Gasteiger partial charge on any atom is 0.240 e. The van der Waals surface area contributed by atoms with E-state index in [0.29, 0.717) is 24.4 Å². The number of hydrogen-bond donors (Lipinski definition) is 1. The topological polar surface area (TPSA) is 76.9 Å². The van der Waals surface area contributed by atoms with Gasteiger partial charge in [0.25, 0.3) is 0 Å². The average molecular weight is 280 g/mol. The van der Waals surface area contributed by atoms with Gasteiger partial charge in [-0.05, 0) is 25.5 Å². The Bertz CT molecular complexity index is 606. The Morgan fingerprint density at radius 1 is 1.26 bits per heavy atom. The first-order valence-corrected chi connectivity index (χ1v) is 7.45. The highest BCUT2D eigenvalue weighted by molar-refractivity contribution is 7.89. The van der Waals surface area contributed by atoms with E-state index in [9.17, 15) is 8.42 Å². The average Bonchev–Trinajstić information content (AvgIpc) is 2.88. The first-order valence-electron chi connectivity index (χ1n) is 5.97. The highest BCUT2D eigenvalue weighted by Gasteiger charge is 2.12. The van der Waals surface area contributed by atoms with E-state index in [1.807, 2.05) is 6.92 Å². The Kier molecular flexibility index (Phi) is 4.28. The number of aryl methyl sites for hydroxylation is 2. The first kappa shape index (κ1) is 13.7. The van der Waals surface area contributed by atoms with E-state index < -0.39 is 10.0 Å². The second-order valence-electron chi connectivity index (χ2n) is 4.22. The van der Waals surface area contributed by atoms with E-state index in [2.05, 4.69) is 14.8 Å². The molecule has 6 nitrogen and oxygen atoms in total. The maximum atomic E-state index is 12.0. The summed E-state index contributed by atoms with van der Waals surface area (Å²) in [7, 11) is -3.41. The lowest BCUT2D eigenvalue weighted by Gasteiger charge is -2.07. The molecule has 0 radical (unpaired) electrons. The van der Waals surface area contributed by atoms with Crippen LogP contribution in [0.5, 0.6) is 0 Å². The van der Waals surface area contributed by atoms with Crippen molar-refractivity contribution < 1.29 is 8.42 Å². The van der Waals surface area contributed by atoms with Crippen molar-refractivity contribution in [2.45, 2.75) is 24.8 Å². The van der Waals surface area contributed by atoms with Gasteiger partial charge in [0.2, 0.25) is 10.0 Å². The van der Waals surface area contributed by atoms with Crippen LogP contribution >= 0.6 is 0 Å². The van der Waals surface area contributed by atoms with Crippen LogP contribution in [-0.4, -0.2) is 29.7 Å². The fourth-order valence-corrected chi connectivity index (χ4v) is 2.67. The van der Waals surface area contributed by atoms with Crippen LogP contribution in [0.25, 0.3) is 0 Å². The Balaban J connectivity index is 1.86. The van der Waals surface area contributed by atoms with E-state index in [1.165, 1.54) is 6.33 Å². The van der Waals surface area contributed by atoms with Gasteiger partial charge in [-0.2, -0.15) is 5.10 Å². The Morgan fingerprint density at radius 2 is 2.00 bits per heavy atom. The predicted molar refractivity (Wildman–Crippen MR) is 71.0 cm³/mol. The van der Waals surface area contributed by atoms with Gasteiger partial charge < -0.3 is 0 Å². The van der Waals surface area contributed by atoms with Crippen molar-refractivity contribution in [1.82, 2.24) is 19.5 Å². The van der Waals surface area contributed by atoms with Crippen LogP contribution in [0.15, 0.2) is 41.8 Å². The monoisotopic (exact) mass is 280 g/mol. The molecule has 1 N–H and O–H groups in total. The molecule has 1 aromatic carbocycles. The molecule has 7 heteroatoms. The first-order chi connectivity index (χ1) is 9.08. The number of hydrogen-bond acceptors (Lipinski definition) is 4. The van der Waals surface area contributed by atoms with Crippen molar-refractivity contribution in [2.75, 3.05) is 6.54 Å². The van der Waals surface area contributed by atoms with Crippen LogP contribution in [0.2, 0.25) is 0 Å². The molecule has 2 rings (SSSR count). The van der Waals surface area contributed by atoms with Gasteiger partial charge in [0, 0.05) is 13.1 Å². The molecule has 0 atom stereocenters. The summed E-state index contributed by atoms with van der Waals surface area (Å²) in [6, 6.07) is 6.78. The summed E-state index contributed by atoms with van der Waals surface area (Å²) in [5.41, 5.74) is 1.03. The van der Waals surface area contributed by atoms with Crippen LogP contribution in [-0.2, 0) is 16.6 Å². The summed E-state index contributed by atoms with van der Waals surface area (Å²) in [5.74, 6) is 0. The molecule has 0 amide bonds. The van der Waals surface area contributed by atoms with Crippen molar-refractivity contribution in [3.8, 4) is 0 Å². The third-order valence-electron chi connectivity index (χ3n) is 2.65. The fourth-order valence-electron chi connectivity index (χ4n) is 1.60. The molecule has 0 fully saturated rings. The van der Waals surface area contributed by atoms with E-state index in [4.69, 9.17) is 0 Å². The normalized spacial score (nSPS) is 11.6. The summed E-state index contributed by atoms with van der Waals surface area (Å²) in [4.78, 5) is 4.11. The van der Waals surface area contributed by atoms with Crippen molar-refractivity contribution in [2.24, 2.45) is 0 Å². The molecule has 1 heterocycles. The zero-order valence-corrected chi connectivity index (χ0v) is 11.5. The molecule has 0 saturated carbocycles. The summed E-state index contributed by atoms with van der Waals surface area (Å²) >= 11 is 0. The molecule has 0 spiro atoms. The molecule has 0 aliphatic rings. The highest BCUT2D eigenvalue weighted by atomic mass is 32.2. The van der Waals surface area contributed by atoms with Gasteiger partial charge in [-0.25, -0.2) is 18.1 Å². The van der Waals surface area contributed by atoms with Gasteiger partial charge in [-0.1, -0.05) is 17.7 Å². The number of sulfonamides is 1. The number of rotatable bonds is 6. The molecule has 102 valence electrons. The molecule has 0 aliphatic carbocycles. The molecule has 0 aliphatic heterocycles. The predicted octanol–water partition coefficient (Wildman–Crippen LogP) is 0.955. The van der Waals surface area contributed by atoms with Crippen LogP contribution in [0.3, 0.4) is 0 Å². The third kappa shape index (κ3) is 3.87. The second kappa shape index (κ2) is 5.94. The minimum Gasteiger partial charge on any atom is -0.253 e. The summed E-state index contributed by atoms with van der Waals surface area (Å²) in [5, 5.41) is 3.95. The second-order valence-corrected chi connectivity index (χ2v) is 5.99. The molecule has 0 unspecified atom stereocenters. The summed E-state index contributed by atoms with van der Waals surface area (Å²) in [6.07, 6.45) is 3.72. The van der Waals surface area contributed by atoms with Gasteiger partial charge in [0.15, 0.2) is 0 Å². The maximum absolute atomic E-state index is 12.0. The summed E-state index contributed by atoms with van der Waals surface area (Å²) in [6.45, 7) is 2.93. The molecular weight excluding hydrogens is 264 g/mol. The van der Waals surface area contributed by atoms with E-state index in [0.717, 1.165) is 5.56 Å². The smallest absolute Gasteiger partial charge is 0.240 e. The lowest BCUT2D eigenvalue weighted by molar-refractivity contribution is 0.552. The Labute approximate surface area is 112 Å².